The average molecular weight is 323 g/mol. The highest BCUT2D eigenvalue weighted by Gasteiger charge is 2.42. The second-order valence-corrected chi connectivity index (χ2v) is 8.32. The van der Waals surface area contributed by atoms with Gasteiger partial charge in [0.15, 0.2) is 5.78 Å². The lowest BCUT2D eigenvalue weighted by atomic mass is 9.68. The van der Waals surface area contributed by atoms with Crippen LogP contribution < -0.4 is 0 Å². The Balaban J connectivity index is 2.08. The van der Waals surface area contributed by atoms with Gasteiger partial charge in [0.1, 0.15) is 0 Å². The van der Waals surface area contributed by atoms with Gasteiger partial charge in [-0.3, -0.25) is 4.79 Å². The Hall–Kier alpha value is -0.630. The fraction of sp³-hybridized carbons (Fsp3) is 0.588. The molecule has 1 nitrogen and oxygen atoms in total. The highest BCUT2D eigenvalue weighted by atomic mass is 79.9. The maximum Gasteiger partial charge on any atom is 0.179 e. The van der Waals surface area contributed by atoms with Crippen molar-refractivity contribution in [1.29, 1.82) is 0 Å². The van der Waals surface area contributed by atoms with E-state index in [1.165, 1.54) is 0 Å². The Morgan fingerprint density at radius 3 is 2.16 bits per heavy atom. The monoisotopic (exact) mass is 322 g/mol. The van der Waals surface area contributed by atoms with E-state index in [2.05, 4.69) is 36.7 Å². The zero-order valence-corrected chi connectivity index (χ0v) is 13.7. The van der Waals surface area contributed by atoms with Crippen LogP contribution in [0.4, 0.5) is 0 Å². The lowest BCUT2D eigenvalue weighted by Crippen LogP contribution is -2.39. The third-order valence-electron chi connectivity index (χ3n) is 4.45. The molecule has 1 fully saturated rings. The first-order valence-corrected chi connectivity index (χ1v) is 7.91. The van der Waals surface area contributed by atoms with Crippen LogP contribution in [-0.4, -0.2) is 10.1 Å². The Kier molecular flexibility index (Phi) is 4.20. The Bertz CT molecular complexity index is 436. The molecule has 1 aromatic rings. The first-order valence-electron chi connectivity index (χ1n) is 7.12. The van der Waals surface area contributed by atoms with Gasteiger partial charge in [-0.2, -0.15) is 0 Å². The van der Waals surface area contributed by atoms with Crippen molar-refractivity contribution in [2.24, 2.45) is 11.3 Å². The van der Waals surface area contributed by atoms with Crippen molar-refractivity contribution >= 4 is 21.7 Å². The molecule has 2 heteroatoms. The number of hydrogen-bond acceptors (Lipinski definition) is 1. The summed E-state index contributed by atoms with van der Waals surface area (Å²) < 4.78 is -0.337. The molecule has 0 atom stereocenters. The SMILES string of the molecule is CC(C)(C)C1CCC(Br)(C(=O)c2ccccc2)CC1. The van der Waals surface area contributed by atoms with Crippen LogP contribution in [0.1, 0.15) is 56.8 Å². The largest absolute Gasteiger partial charge is 0.293 e. The van der Waals surface area contributed by atoms with Gasteiger partial charge in [-0.1, -0.05) is 67.0 Å². The van der Waals surface area contributed by atoms with Crippen molar-refractivity contribution in [2.45, 2.75) is 50.8 Å². The first-order chi connectivity index (χ1) is 8.83. The van der Waals surface area contributed by atoms with E-state index >= 15 is 0 Å². The second kappa shape index (κ2) is 5.40. The molecule has 0 bridgehead atoms. The number of halogens is 1. The molecule has 0 aromatic heterocycles. The summed E-state index contributed by atoms with van der Waals surface area (Å²) in [4.78, 5) is 12.6. The van der Waals surface area contributed by atoms with Crippen molar-refractivity contribution in [2.75, 3.05) is 0 Å². The third-order valence-corrected chi connectivity index (χ3v) is 5.60. The zero-order valence-electron chi connectivity index (χ0n) is 12.1. The molecule has 1 saturated carbocycles. The molecule has 0 heterocycles. The van der Waals surface area contributed by atoms with Gasteiger partial charge in [-0.25, -0.2) is 0 Å². The van der Waals surface area contributed by atoms with E-state index in [-0.39, 0.29) is 10.1 Å². The molecule has 0 unspecified atom stereocenters. The fourth-order valence-corrected chi connectivity index (χ4v) is 3.70. The molecular formula is C17H23BrO. The van der Waals surface area contributed by atoms with Crippen LogP contribution in [0, 0.1) is 11.3 Å². The van der Waals surface area contributed by atoms with Gasteiger partial charge >= 0.3 is 0 Å². The number of rotatable bonds is 2. The summed E-state index contributed by atoms with van der Waals surface area (Å²) in [6.45, 7) is 6.91. The normalized spacial score (nSPS) is 28.1. The maximum atomic E-state index is 12.6. The number of Topliss-reactive ketones (excluding diaryl/α,β-unsaturated/α-hetero) is 1. The number of alkyl halides is 1. The van der Waals surface area contributed by atoms with Crippen molar-refractivity contribution < 1.29 is 4.79 Å². The number of benzene rings is 1. The van der Waals surface area contributed by atoms with Crippen molar-refractivity contribution in [3.63, 3.8) is 0 Å². The summed E-state index contributed by atoms with van der Waals surface area (Å²) in [5.41, 5.74) is 1.18. The van der Waals surface area contributed by atoms with E-state index < -0.39 is 0 Å². The van der Waals surface area contributed by atoms with Gasteiger partial charge < -0.3 is 0 Å². The standard InChI is InChI=1S/C17H23BrO/c1-16(2,3)14-9-11-17(18,12-10-14)15(19)13-7-5-4-6-8-13/h4-8,14H,9-12H2,1-3H3. The van der Waals surface area contributed by atoms with E-state index in [1.54, 1.807) is 0 Å². The highest BCUT2D eigenvalue weighted by molar-refractivity contribution is 9.10. The van der Waals surface area contributed by atoms with Crippen LogP contribution in [0.3, 0.4) is 0 Å². The number of carbonyl (C=O) groups is 1. The number of hydrogen-bond donors (Lipinski definition) is 0. The molecule has 1 aromatic carbocycles. The van der Waals surface area contributed by atoms with Gasteiger partial charge in [-0.05, 0) is 37.0 Å². The van der Waals surface area contributed by atoms with Crippen molar-refractivity contribution in [1.82, 2.24) is 0 Å². The van der Waals surface area contributed by atoms with Crippen LogP contribution in [0.2, 0.25) is 0 Å². The van der Waals surface area contributed by atoms with Crippen LogP contribution >= 0.6 is 15.9 Å². The molecule has 1 aliphatic rings. The molecule has 19 heavy (non-hydrogen) atoms. The topological polar surface area (TPSA) is 17.1 Å². The minimum Gasteiger partial charge on any atom is -0.293 e. The minimum absolute atomic E-state index is 0.250. The lowest BCUT2D eigenvalue weighted by Gasteiger charge is -2.40. The summed E-state index contributed by atoms with van der Waals surface area (Å²) in [5, 5.41) is 0. The minimum atomic E-state index is -0.337. The molecule has 1 aliphatic carbocycles. The molecule has 0 radical (unpaired) electrons. The average Bonchev–Trinajstić information content (AvgIpc) is 2.38. The summed E-state index contributed by atoms with van der Waals surface area (Å²) >= 11 is 3.74. The number of carbonyl (C=O) groups excluding carboxylic acids is 1. The molecule has 104 valence electrons. The Labute approximate surface area is 124 Å². The maximum absolute atomic E-state index is 12.6. The van der Waals surface area contributed by atoms with E-state index in [9.17, 15) is 4.79 Å². The lowest BCUT2D eigenvalue weighted by molar-refractivity contribution is 0.0870. The van der Waals surface area contributed by atoms with Crippen LogP contribution in [0.5, 0.6) is 0 Å². The second-order valence-electron chi connectivity index (χ2n) is 6.80. The third kappa shape index (κ3) is 3.28. The van der Waals surface area contributed by atoms with Crippen LogP contribution in [-0.2, 0) is 0 Å². The first kappa shape index (κ1) is 14.8. The smallest absolute Gasteiger partial charge is 0.179 e. The van der Waals surface area contributed by atoms with Crippen LogP contribution in [0.25, 0.3) is 0 Å². The molecular weight excluding hydrogens is 300 g/mol. The Morgan fingerprint density at radius 2 is 1.68 bits per heavy atom. The van der Waals surface area contributed by atoms with E-state index in [0.29, 0.717) is 5.41 Å². The summed E-state index contributed by atoms with van der Waals surface area (Å²) in [7, 11) is 0. The van der Waals surface area contributed by atoms with Gasteiger partial charge in [0.25, 0.3) is 0 Å². The van der Waals surface area contributed by atoms with Gasteiger partial charge in [0, 0.05) is 5.56 Å². The van der Waals surface area contributed by atoms with Gasteiger partial charge in [-0.15, -0.1) is 0 Å². The van der Waals surface area contributed by atoms with Crippen molar-refractivity contribution in [3.8, 4) is 0 Å². The molecule has 0 aliphatic heterocycles. The molecule has 0 N–H and O–H groups in total. The molecule has 0 saturated heterocycles. The summed E-state index contributed by atoms with van der Waals surface area (Å²) in [5.74, 6) is 0.974. The highest BCUT2D eigenvalue weighted by Crippen LogP contribution is 2.46. The van der Waals surface area contributed by atoms with Gasteiger partial charge in [0.05, 0.1) is 4.32 Å². The predicted octanol–water partition coefficient (Wildman–Crippen LogP) is 5.24. The summed E-state index contributed by atoms with van der Waals surface area (Å²) in [6, 6.07) is 9.66. The zero-order chi connectivity index (χ0) is 14.1. The van der Waals surface area contributed by atoms with E-state index in [4.69, 9.17) is 0 Å². The van der Waals surface area contributed by atoms with Crippen LogP contribution in [0.15, 0.2) is 30.3 Å². The number of ketones is 1. The van der Waals surface area contributed by atoms with Gasteiger partial charge in [0.2, 0.25) is 0 Å². The molecule has 0 amide bonds. The van der Waals surface area contributed by atoms with Crippen molar-refractivity contribution in [3.05, 3.63) is 35.9 Å². The predicted molar refractivity (Wildman–Crippen MR) is 83.8 cm³/mol. The van der Waals surface area contributed by atoms with E-state index in [1.807, 2.05) is 30.3 Å². The summed E-state index contributed by atoms with van der Waals surface area (Å²) in [6.07, 6.45) is 4.16. The molecule has 2 rings (SSSR count). The quantitative estimate of drug-likeness (QED) is 0.537. The Morgan fingerprint density at radius 1 is 1.16 bits per heavy atom. The fourth-order valence-electron chi connectivity index (χ4n) is 3.02. The molecule has 0 spiro atoms. The van der Waals surface area contributed by atoms with E-state index in [0.717, 1.165) is 37.2 Å².